The van der Waals surface area contributed by atoms with Crippen molar-refractivity contribution in [2.24, 2.45) is 0 Å². The van der Waals surface area contributed by atoms with Crippen molar-refractivity contribution in [2.45, 2.75) is 136 Å². The standard InChI is InChI=1S/C50H59F2N3OS4/c1-4-7-10-13-14-15-16-19-32-56-50-40(51)33-35(34-41(50)52)55-53-48-38(42-28-30-46(59-42)44-26-22-36(57-44)20-17-11-8-5-2)24-25-39(49(48)54-55)43-29-31-47(60-43)45-27-23-37(58-45)21-18-12-9-6-3/h22-31,33-34H,4-21,32H2,1-3H3. The van der Waals surface area contributed by atoms with Gasteiger partial charge in [0.15, 0.2) is 17.4 Å². The molecule has 0 spiro atoms. The van der Waals surface area contributed by atoms with E-state index < -0.39 is 11.6 Å². The van der Waals surface area contributed by atoms with Crippen LogP contribution in [0.2, 0.25) is 0 Å². The first-order chi connectivity index (χ1) is 29.4. The van der Waals surface area contributed by atoms with Crippen LogP contribution >= 0.6 is 45.3 Å². The molecule has 0 unspecified atom stereocenters. The maximum absolute atomic E-state index is 15.6. The Kier molecular flexibility index (Phi) is 16.6. The van der Waals surface area contributed by atoms with Crippen molar-refractivity contribution in [3.63, 3.8) is 0 Å². The zero-order chi connectivity index (χ0) is 41.7. The monoisotopic (exact) mass is 883 g/mol. The van der Waals surface area contributed by atoms with E-state index in [0.717, 1.165) is 53.0 Å². The molecule has 0 atom stereocenters. The minimum Gasteiger partial charge on any atom is -0.488 e. The van der Waals surface area contributed by atoms with Gasteiger partial charge in [-0.3, -0.25) is 0 Å². The van der Waals surface area contributed by atoms with Crippen molar-refractivity contribution in [1.82, 2.24) is 15.0 Å². The summed E-state index contributed by atoms with van der Waals surface area (Å²) in [6.07, 6.45) is 21.4. The van der Waals surface area contributed by atoms with E-state index in [4.69, 9.17) is 14.9 Å². The maximum Gasteiger partial charge on any atom is 0.190 e. The summed E-state index contributed by atoms with van der Waals surface area (Å²) >= 11 is 7.24. The molecular weight excluding hydrogens is 825 g/mol. The first-order valence-corrected chi connectivity index (χ1v) is 25.6. The minimum atomic E-state index is -0.751. The zero-order valence-corrected chi connectivity index (χ0v) is 38.8. The number of nitrogens with zero attached hydrogens (tertiary/aromatic N) is 3. The fraction of sp³-hybridized carbons (Fsp3) is 0.440. The van der Waals surface area contributed by atoms with Crippen molar-refractivity contribution >= 4 is 56.4 Å². The number of aryl methyl sites for hydroxylation is 2. The number of halogens is 2. The highest BCUT2D eigenvalue weighted by Crippen LogP contribution is 2.44. The normalized spacial score (nSPS) is 11.7. The second kappa shape index (κ2) is 22.4. The average Bonchev–Trinajstić information content (AvgIpc) is 4.11. The molecule has 10 heteroatoms. The highest BCUT2D eigenvalue weighted by molar-refractivity contribution is 7.24. The van der Waals surface area contributed by atoms with Crippen LogP contribution in [0.3, 0.4) is 0 Å². The number of hydrogen-bond acceptors (Lipinski definition) is 7. The quantitative estimate of drug-likeness (QED) is 0.0537. The second-order valence-electron chi connectivity index (χ2n) is 15.9. The predicted octanol–water partition coefficient (Wildman–Crippen LogP) is 17.4. The molecule has 0 radical (unpaired) electrons. The Bertz CT molecular complexity index is 2250. The van der Waals surface area contributed by atoms with Gasteiger partial charge < -0.3 is 4.74 Å². The lowest BCUT2D eigenvalue weighted by molar-refractivity contribution is 0.275. The smallest absolute Gasteiger partial charge is 0.190 e. The molecule has 2 aromatic carbocycles. The Balaban J connectivity index is 1.15. The van der Waals surface area contributed by atoms with Gasteiger partial charge in [-0.1, -0.05) is 116 Å². The lowest BCUT2D eigenvalue weighted by Gasteiger charge is -2.10. The molecule has 5 aromatic heterocycles. The van der Waals surface area contributed by atoms with Gasteiger partial charge in [-0.05, 0) is 80.6 Å². The summed E-state index contributed by atoms with van der Waals surface area (Å²) in [5.41, 5.74) is 3.49. The molecule has 0 saturated carbocycles. The summed E-state index contributed by atoms with van der Waals surface area (Å²) in [7, 11) is 0. The van der Waals surface area contributed by atoms with Crippen LogP contribution in [0.1, 0.15) is 133 Å². The highest BCUT2D eigenvalue weighted by Gasteiger charge is 2.21. The minimum absolute atomic E-state index is 0.214. The number of unbranched alkanes of at least 4 members (excludes halogenated alkanes) is 13. The molecule has 0 aliphatic carbocycles. The number of benzene rings is 2. The summed E-state index contributed by atoms with van der Waals surface area (Å²) in [5, 5.41) is 9.94. The van der Waals surface area contributed by atoms with Crippen LogP contribution in [-0.2, 0) is 12.8 Å². The van der Waals surface area contributed by atoms with Gasteiger partial charge in [0, 0.05) is 62.3 Å². The number of aromatic nitrogens is 3. The molecule has 318 valence electrons. The van der Waals surface area contributed by atoms with E-state index in [9.17, 15) is 0 Å². The molecule has 0 fully saturated rings. The third-order valence-electron chi connectivity index (χ3n) is 11.1. The third-order valence-corrected chi connectivity index (χ3v) is 16.0. The van der Waals surface area contributed by atoms with E-state index in [1.165, 1.54) is 130 Å². The summed E-state index contributed by atoms with van der Waals surface area (Å²) in [5.74, 6) is -1.84. The molecule has 0 saturated heterocycles. The van der Waals surface area contributed by atoms with Crippen LogP contribution < -0.4 is 4.74 Å². The van der Waals surface area contributed by atoms with E-state index >= 15 is 8.78 Å². The number of hydrogen-bond donors (Lipinski definition) is 0. The van der Waals surface area contributed by atoms with Crippen LogP contribution in [0.15, 0.2) is 72.8 Å². The van der Waals surface area contributed by atoms with Crippen LogP contribution in [0.4, 0.5) is 8.78 Å². The molecule has 0 N–H and O–H groups in total. The second-order valence-corrected chi connectivity index (χ2v) is 20.4. The van der Waals surface area contributed by atoms with E-state index in [0.29, 0.717) is 11.0 Å². The van der Waals surface area contributed by atoms with Gasteiger partial charge in [0.25, 0.3) is 0 Å². The summed E-state index contributed by atoms with van der Waals surface area (Å²) < 4.78 is 36.9. The van der Waals surface area contributed by atoms with Crippen molar-refractivity contribution in [3.8, 4) is 51.8 Å². The Labute approximate surface area is 371 Å². The van der Waals surface area contributed by atoms with Crippen LogP contribution in [0, 0.1) is 11.6 Å². The van der Waals surface area contributed by atoms with E-state index in [2.05, 4.69) is 81.4 Å². The van der Waals surface area contributed by atoms with Crippen molar-refractivity contribution in [1.29, 1.82) is 0 Å². The topological polar surface area (TPSA) is 39.9 Å². The van der Waals surface area contributed by atoms with Crippen LogP contribution in [-0.4, -0.2) is 21.6 Å². The van der Waals surface area contributed by atoms with Gasteiger partial charge in [-0.2, -0.15) is 4.80 Å². The molecule has 4 nitrogen and oxygen atoms in total. The van der Waals surface area contributed by atoms with Gasteiger partial charge >= 0.3 is 0 Å². The number of ether oxygens (including phenoxy) is 1. The van der Waals surface area contributed by atoms with Crippen LogP contribution in [0.25, 0.3) is 57.1 Å². The molecule has 5 heterocycles. The molecule has 0 aliphatic rings. The first kappa shape index (κ1) is 44.4. The molecule has 7 aromatic rings. The van der Waals surface area contributed by atoms with Gasteiger partial charge in [-0.15, -0.1) is 55.5 Å². The summed E-state index contributed by atoms with van der Waals surface area (Å²) in [6.45, 7) is 7.00. The Morgan fingerprint density at radius 2 is 0.867 bits per heavy atom. The van der Waals surface area contributed by atoms with Gasteiger partial charge in [0.05, 0.1) is 12.3 Å². The first-order valence-electron chi connectivity index (χ1n) is 22.4. The Morgan fingerprint density at radius 3 is 1.35 bits per heavy atom. The lowest BCUT2D eigenvalue weighted by Crippen LogP contribution is -2.05. The largest absolute Gasteiger partial charge is 0.488 e. The predicted molar refractivity (Wildman–Crippen MR) is 256 cm³/mol. The highest BCUT2D eigenvalue weighted by atomic mass is 32.1. The molecular formula is C50H59F2N3OS4. The van der Waals surface area contributed by atoms with Crippen molar-refractivity contribution < 1.29 is 13.5 Å². The average molecular weight is 884 g/mol. The number of thiophene rings is 4. The van der Waals surface area contributed by atoms with Gasteiger partial charge in [-0.25, -0.2) is 8.78 Å². The third kappa shape index (κ3) is 11.4. The summed E-state index contributed by atoms with van der Waals surface area (Å²) in [4.78, 5) is 11.4. The molecule has 7 rings (SSSR count). The fourth-order valence-corrected chi connectivity index (χ4v) is 12.0. The Hall–Kier alpha value is -3.70. The molecule has 0 bridgehead atoms. The number of fused-ring (bicyclic) bond motifs is 1. The van der Waals surface area contributed by atoms with Gasteiger partial charge in [0.2, 0.25) is 0 Å². The molecule has 0 aliphatic heterocycles. The van der Waals surface area contributed by atoms with Crippen molar-refractivity contribution in [3.05, 3.63) is 94.2 Å². The van der Waals surface area contributed by atoms with E-state index in [1.54, 1.807) is 22.7 Å². The number of rotatable bonds is 25. The lowest BCUT2D eigenvalue weighted by atomic mass is 10.1. The van der Waals surface area contributed by atoms with E-state index in [1.807, 2.05) is 22.7 Å². The molecule has 0 amide bonds. The van der Waals surface area contributed by atoms with E-state index in [-0.39, 0.29) is 18.0 Å². The maximum atomic E-state index is 15.6. The fourth-order valence-electron chi connectivity index (χ4n) is 7.69. The summed E-state index contributed by atoms with van der Waals surface area (Å²) in [6, 6.07) is 24.6. The zero-order valence-electron chi connectivity index (χ0n) is 35.5. The van der Waals surface area contributed by atoms with Crippen LogP contribution in [0.5, 0.6) is 5.75 Å². The SMILES string of the molecule is CCCCCCCCCCOc1c(F)cc(-n2nc3c(-c4ccc(-c5ccc(CCCCCC)s5)s4)ccc(-c4ccc(-c5ccc(CCCCCC)s5)s4)c3n2)cc1F. The Morgan fingerprint density at radius 1 is 0.467 bits per heavy atom. The van der Waals surface area contributed by atoms with Gasteiger partial charge in [0.1, 0.15) is 11.0 Å². The van der Waals surface area contributed by atoms with Crippen molar-refractivity contribution in [2.75, 3.05) is 6.61 Å². The molecule has 60 heavy (non-hydrogen) atoms.